The summed E-state index contributed by atoms with van der Waals surface area (Å²) in [5.74, 6) is -1.70. The number of amides is 2. The first-order valence-electron chi connectivity index (χ1n) is 16.8. The smallest absolute Gasteiger partial charge is 0.304 e. The minimum absolute atomic E-state index is 0.197. The SMILES string of the molecule is O=C(/C=C/c1ccccc1)c1cccc(NC(=O)c2ccc(Oc3cccc(C(=O)Nc4cccc(C(=O)/C=C/c5ccc([N+](=O)[O-])c(F)c5)c4)c3)cc2)c1. The molecule has 0 saturated heterocycles. The summed E-state index contributed by atoms with van der Waals surface area (Å²) >= 11 is 0. The van der Waals surface area contributed by atoms with Crippen LogP contribution in [0.15, 0.2) is 158 Å². The van der Waals surface area contributed by atoms with E-state index in [0.29, 0.717) is 34.0 Å². The zero-order valence-electron chi connectivity index (χ0n) is 28.8. The van der Waals surface area contributed by atoms with Crippen molar-refractivity contribution < 1.29 is 33.2 Å². The molecule has 11 heteroatoms. The molecule has 2 amide bonds. The summed E-state index contributed by atoms with van der Waals surface area (Å²) in [6.45, 7) is 0. The van der Waals surface area contributed by atoms with E-state index >= 15 is 0 Å². The number of carbonyl (C=O) groups is 4. The van der Waals surface area contributed by atoms with E-state index in [1.54, 1.807) is 97.1 Å². The number of rotatable bonds is 13. The first-order valence-corrected chi connectivity index (χ1v) is 16.8. The number of carbonyl (C=O) groups excluding carboxylic acids is 4. The number of benzene rings is 6. The number of anilines is 2. The molecule has 0 bridgehead atoms. The van der Waals surface area contributed by atoms with E-state index in [1.807, 2.05) is 30.3 Å². The number of hydrogen-bond acceptors (Lipinski definition) is 7. The number of nitro benzene ring substituents is 1. The number of ether oxygens (including phenoxy) is 1. The van der Waals surface area contributed by atoms with Gasteiger partial charge in [0.2, 0.25) is 5.82 Å². The van der Waals surface area contributed by atoms with Crippen molar-refractivity contribution in [3.8, 4) is 11.5 Å². The lowest BCUT2D eigenvalue weighted by molar-refractivity contribution is -0.387. The molecule has 6 rings (SSSR count). The second-order valence-corrected chi connectivity index (χ2v) is 12.0. The monoisotopic (exact) mass is 731 g/mol. The molecule has 6 aromatic rings. The lowest BCUT2D eigenvalue weighted by Gasteiger charge is -2.10. The van der Waals surface area contributed by atoms with Crippen molar-refractivity contribution in [1.29, 1.82) is 0 Å². The van der Waals surface area contributed by atoms with Gasteiger partial charge in [0.15, 0.2) is 11.6 Å². The zero-order valence-corrected chi connectivity index (χ0v) is 28.8. The van der Waals surface area contributed by atoms with Crippen LogP contribution < -0.4 is 15.4 Å². The average molecular weight is 732 g/mol. The van der Waals surface area contributed by atoms with E-state index in [4.69, 9.17) is 4.74 Å². The van der Waals surface area contributed by atoms with Crippen LogP contribution in [0.3, 0.4) is 0 Å². The average Bonchev–Trinajstić information content (AvgIpc) is 3.20. The van der Waals surface area contributed by atoms with Gasteiger partial charge in [-0.05, 0) is 102 Å². The highest BCUT2D eigenvalue weighted by atomic mass is 19.1. The van der Waals surface area contributed by atoms with Crippen LogP contribution >= 0.6 is 0 Å². The molecule has 0 spiro atoms. The first kappa shape index (κ1) is 37.0. The lowest BCUT2D eigenvalue weighted by Crippen LogP contribution is -2.12. The number of hydrogen-bond donors (Lipinski definition) is 2. The molecule has 0 radical (unpaired) electrons. The molecular formula is C44H30FN3O7. The standard InChI is InChI=1S/C44H30FN3O7/c45-39-25-30(15-22-40(39)48(53)54)17-24-42(50)33-10-5-13-36(27-33)47-44(52)34-11-6-14-38(28-34)55-37-20-18-31(19-21-37)43(51)46-35-12-4-9-32(26-35)41(49)23-16-29-7-2-1-3-8-29/h1-28H,(H,46,51)(H,47,52)/b23-16+,24-17+. The largest absolute Gasteiger partial charge is 0.457 e. The number of allylic oxidation sites excluding steroid dienone is 2. The Morgan fingerprint density at radius 3 is 1.71 bits per heavy atom. The minimum Gasteiger partial charge on any atom is -0.457 e. The van der Waals surface area contributed by atoms with Crippen LogP contribution in [0.25, 0.3) is 12.2 Å². The molecule has 0 fully saturated rings. The summed E-state index contributed by atoms with van der Waals surface area (Å²) in [6, 6.07) is 38.6. The van der Waals surface area contributed by atoms with Crippen LogP contribution in [0.5, 0.6) is 11.5 Å². The van der Waals surface area contributed by atoms with Crippen molar-refractivity contribution in [2.45, 2.75) is 0 Å². The minimum atomic E-state index is -1.01. The van der Waals surface area contributed by atoms with Crippen LogP contribution in [0, 0.1) is 15.9 Å². The number of halogens is 1. The second-order valence-electron chi connectivity index (χ2n) is 12.0. The van der Waals surface area contributed by atoms with E-state index in [9.17, 15) is 33.7 Å². The molecule has 270 valence electrons. The van der Waals surface area contributed by atoms with Gasteiger partial charge in [-0.1, -0.05) is 72.8 Å². The van der Waals surface area contributed by atoms with Crippen molar-refractivity contribution in [3.05, 3.63) is 207 Å². The molecular weight excluding hydrogens is 701 g/mol. The van der Waals surface area contributed by atoms with Gasteiger partial charge in [0.1, 0.15) is 11.5 Å². The molecule has 0 aliphatic carbocycles. The fourth-order valence-electron chi connectivity index (χ4n) is 5.29. The van der Waals surface area contributed by atoms with Crippen molar-refractivity contribution in [2.24, 2.45) is 0 Å². The van der Waals surface area contributed by atoms with Crippen LogP contribution in [0.1, 0.15) is 52.6 Å². The fourth-order valence-corrected chi connectivity index (χ4v) is 5.29. The summed E-state index contributed by atoms with van der Waals surface area (Å²) in [4.78, 5) is 61.6. The predicted octanol–water partition coefficient (Wildman–Crippen LogP) is 9.82. The van der Waals surface area contributed by atoms with Crippen LogP contribution in [-0.4, -0.2) is 28.3 Å². The van der Waals surface area contributed by atoms with Gasteiger partial charge in [-0.25, -0.2) is 0 Å². The Bertz CT molecular complexity index is 2480. The first-order chi connectivity index (χ1) is 26.6. The van der Waals surface area contributed by atoms with Gasteiger partial charge in [0.05, 0.1) is 4.92 Å². The third-order valence-corrected chi connectivity index (χ3v) is 8.08. The normalized spacial score (nSPS) is 10.9. The van der Waals surface area contributed by atoms with Crippen LogP contribution in [-0.2, 0) is 0 Å². The molecule has 0 atom stereocenters. The molecule has 0 unspecified atom stereocenters. The number of nitrogens with zero attached hydrogens (tertiary/aromatic N) is 1. The third kappa shape index (κ3) is 9.96. The predicted molar refractivity (Wildman–Crippen MR) is 208 cm³/mol. The molecule has 0 heterocycles. The van der Waals surface area contributed by atoms with Gasteiger partial charge in [-0.15, -0.1) is 0 Å². The summed E-state index contributed by atoms with van der Waals surface area (Å²) < 4.78 is 19.9. The molecule has 10 nitrogen and oxygen atoms in total. The Morgan fingerprint density at radius 2 is 1.11 bits per heavy atom. The summed E-state index contributed by atoms with van der Waals surface area (Å²) in [5, 5.41) is 16.4. The van der Waals surface area contributed by atoms with Crippen molar-refractivity contribution in [2.75, 3.05) is 10.6 Å². The quantitative estimate of drug-likeness (QED) is 0.0521. The Morgan fingerprint density at radius 1 is 0.545 bits per heavy atom. The molecule has 6 aromatic carbocycles. The number of nitro groups is 1. The van der Waals surface area contributed by atoms with Gasteiger partial charge < -0.3 is 15.4 Å². The maximum atomic E-state index is 13.9. The zero-order chi connectivity index (χ0) is 38.7. The Kier molecular flexibility index (Phi) is 11.5. The Labute approximate surface area is 314 Å². The summed E-state index contributed by atoms with van der Waals surface area (Å²) in [5.41, 5.74) is 2.64. The van der Waals surface area contributed by atoms with E-state index in [1.165, 1.54) is 30.4 Å². The van der Waals surface area contributed by atoms with E-state index < -0.39 is 28.1 Å². The van der Waals surface area contributed by atoms with Crippen molar-refractivity contribution in [3.63, 3.8) is 0 Å². The molecule has 55 heavy (non-hydrogen) atoms. The Balaban J connectivity index is 1.04. The van der Waals surface area contributed by atoms with E-state index in [0.717, 1.165) is 17.7 Å². The van der Waals surface area contributed by atoms with Gasteiger partial charge in [0, 0.05) is 39.7 Å². The van der Waals surface area contributed by atoms with Gasteiger partial charge >= 0.3 is 5.69 Å². The molecule has 0 aliphatic heterocycles. The summed E-state index contributed by atoms with van der Waals surface area (Å²) in [7, 11) is 0. The lowest BCUT2D eigenvalue weighted by atomic mass is 10.1. The van der Waals surface area contributed by atoms with Crippen LogP contribution in [0.4, 0.5) is 21.5 Å². The molecule has 0 aromatic heterocycles. The maximum Gasteiger partial charge on any atom is 0.304 e. The van der Waals surface area contributed by atoms with Gasteiger partial charge in [-0.3, -0.25) is 29.3 Å². The van der Waals surface area contributed by atoms with Gasteiger partial charge in [-0.2, -0.15) is 4.39 Å². The highest BCUT2D eigenvalue weighted by Crippen LogP contribution is 2.25. The highest BCUT2D eigenvalue weighted by Gasteiger charge is 2.14. The molecule has 0 saturated carbocycles. The molecule has 2 N–H and O–H groups in total. The van der Waals surface area contributed by atoms with E-state index in [-0.39, 0.29) is 28.4 Å². The number of nitrogens with one attached hydrogen (secondary N) is 2. The van der Waals surface area contributed by atoms with Crippen LogP contribution in [0.2, 0.25) is 0 Å². The number of ketones is 2. The van der Waals surface area contributed by atoms with Gasteiger partial charge in [0.25, 0.3) is 11.8 Å². The second kappa shape index (κ2) is 17.2. The fraction of sp³-hybridized carbons (Fsp3) is 0. The topological polar surface area (TPSA) is 145 Å². The van der Waals surface area contributed by atoms with E-state index in [2.05, 4.69) is 10.6 Å². The molecule has 0 aliphatic rings. The summed E-state index contributed by atoms with van der Waals surface area (Å²) in [6.07, 6.45) is 5.76. The Hall–Kier alpha value is -7.79. The highest BCUT2D eigenvalue weighted by molar-refractivity contribution is 6.10. The van der Waals surface area contributed by atoms with Crippen molar-refractivity contribution in [1.82, 2.24) is 0 Å². The maximum absolute atomic E-state index is 13.9. The third-order valence-electron chi connectivity index (χ3n) is 8.08. The van der Waals surface area contributed by atoms with Crippen molar-refractivity contribution >= 4 is 52.6 Å².